The maximum Gasteiger partial charge on any atom is 0.237 e. The fourth-order valence-electron chi connectivity index (χ4n) is 5.18. The Bertz CT molecular complexity index is 1720. The predicted molar refractivity (Wildman–Crippen MR) is 153 cm³/mol. The van der Waals surface area contributed by atoms with Crippen molar-refractivity contribution in [1.82, 2.24) is 15.0 Å². The second kappa shape index (κ2) is 10.5. The summed E-state index contributed by atoms with van der Waals surface area (Å²) in [6.07, 6.45) is 6.41. The van der Waals surface area contributed by atoms with E-state index in [1.807, 2.05) is 31.2 Å². The first-order valence-electron chi connectivity index (χ1n) is 13.4. The van der Waals surface area contributed by atoms with Crippen molar-refractivity contribution in [3.63, 3.8) is 0 Å². The molecule has 0 aliphatic heterocycles. The molecule has 41 heavy (non-hydrogen) atoms. The highest BCUT2D eigenvalue weighted by Gasteiger charge is 2.47. The highest BCUT2D eigenvalue weighted by Crippen LogP contribution is 2.41. The van der Waals surface area contributed by atoms with Gasteiger partial charge in [-0.2, -0.15) is 0 Å². The van der Waals surface area contributed by atoms with E-state index in [0.717, 1.165) is 11.1 Å². The summed E-state index contributed by atoms with van der Waals surface area (Å²) in [5, 5.41) is 2.38. The first kappa shape index (κ1) is 26.8. The monoisotopic (exact) mass is 573 g/mol. The fraction of sp³-hybridized carbons (Fsp3) is 0.267. The minimum atomic E-state index is -3.51. The van der Waals surface area contributed by atoms with Crippen LogP contribution in [0.15, 0.2) is 73.2 Å². The van der Waals surface area contributed by atoms with E-state index in [2.05, 4.69) is 25.0 Å². The molecule has 1 fully saturated rings. The van der Waals surface area contributed by atoms with Gasteiger partial charge >= 0.3 is 0 Å². The van der Waals surface area contributed by atoms with Crippen molar-refractivity contribution < 1.29 is 22.3 Å². The second-order valence-electron chi connectivity index (χ2n) is 10.3. The molecule has 2 aliphatic carbocycles. The number of ether oxygens (including phenoxy) is 1. The van der Waals surface area contributed by atoms with Crippen molar-refractivity contribution in [3.05, 3.63) is 95.8 Å². The molecule has 2 aromatic heterocycles. The predicted octanol–water partition coefficient (Wildman–Crippen LogP) is 4.66. The number of carbonyl (C=O) groups excluding carboxylic acids is 1. The highest BCUT2D eigenvalue weighted by molar-refractivity contribution is 7.93. The van der Waals surface area contributed by atoms with E-state index in [1.54, 1.807) is 18.2 Å². The van der Waals surface area contributed by atoms with Crippen LogP contribution in [0.1, 0.15) is 36.6 Å². The maximum atomic E-state index is 15.4. The Morgan fingerprint density at radius 1 is 1.07 bits per heavy atom. The molecule has 6 rings (SSSR count). The minimum absolute atomic E-state index is 0.00796. The number of nitrogens with zero attached hydrogens (tertiary/aromatic N) is 3. The van der Waals surface area contributed by atoms with Crippen molar-refractivity contribution in [3.8, 4) is 17.1 Å². The van der Waals surface area contributed by atoms with Crippen LogP contribution >= 0.6 is 0 Å². The number of rotatable bonds is 9. The zero-order valence-electron chi connectivity index (χ0n) is 22.3. The Labute approximate surface area is 237 Å². The number of hydrogen-bond acceptors (Lipinski definition) is 7. The Kier molecular flexibility index (Phi) is 6.90. The molecule has 2 N–H and O–H groups in total. The summed E-state index contributed by atoms with van der Waals surface area (Å²) in [7, 11) is -3.51. The van der Waals surface area contributed by atoms with Crippen molar-refractivity contribution in [2.75, 3.05) is 16.6 Å². The van der Waals surface area contributed by atoms with Gasteiger partial charge in [0.25, 0.3) is 0 Å². The van der Waals surface area contributed by atoms with Crippen LogP contribution in [0, 0.1) is 5.82 Å². The van der Waals surface area contributed by atoms with Crippen molar-refractivity contribution in [2.24, 2.45) is 0 Å². The number of amides is 1. The van der Waals surface area contributed by atoms with Gasteiger partial charge in [-0.15, -0.1) is 0 Å². The molecule has 0 unspecified atom stereocenters. The van der Waals surface area contributed by atoms with Gasteiger partial charge in [0.15, 0.2) is 0 Å². The van der Waals surface area contributed by atoms with Gasteiger partial charge in [-0.3, -0.25) is 19.5 Å². The first-order valence-corrected chi connectivity index (χ1v) is 14.9. The molecule has 0 atom stereocenters. The van der Waals surface area contributed by atoms with E-state index in [1.165, 1.54) is 30.7 Å². The molecule has 0 spiro atoms. The standard InChI is InChI=1S/C30H28FN5O4S/c1-2-40-28-18-32-17-26(34-28)19-7-10-25(24(31)13-19)35-29(37)30(15-20-5-3-4-6-21(20)16-30)27-14-22(11-12-33-27)36-41(38,39)23-8-9-23/h3-7,10-14,17-18,23H,2,8-9,15-16H2,1H3,(H,33,36)(H,35,37). The number of benzene rings is 2. The Morgan fingerprint density at radius 2 is 1.83 bits per heavy atom. The van der Waals surface area contributed by atoms with Gasteiger partial charge in [0.1, 0.15) is 5.82 Å². The molecule has 2 heterocycles. The number of nitrogens with one attached hydrogen (secondary N) is 2. The molecule has 0 saturated heterocycles. The van der Waals surface area contributed by atoms with Crippen LogP contribution in [0.4, 0.5) is 15.8 Å². The van der Waals surface area contributed by atoms with E-state index < -0.39 is 32.4 Å². The van der Waals surface area contributed by atoms with Crippen LogP contribution in [0.2, 0.25) is 0 Å². The summed E-state index contributed by atoms with van der Waals surface area (Å²) in [6, 6.07) is 15.3. The van der Waals surface area contributed by atoms with Crippen LogP contribution < -0.4 is 14.8 Å². The first-order chi connectivity index (χ1) is 19.8. The van der Waals surface area contributed by atoms with Crippen molar-refractivity contribution >= 4 is 27.3 Å². The van der Waals surface area contributed by atoms with Crippen LogP contribution in [-0.2, 0) is 33.1 Å². The van der Waals surface area contributed by atoms with Gasteiger partial charge < -0.3 is 10.1 Å². The lowest BCUT2D eigenvalue weighted by Gasteiger charge is -2.28. The van der Waals surface area contributed by atoms with Gasteiger partial charge in [0, 0.05) is 11.8 Å². The van der Waals surface area contributed by atoms with E-state index in [9.17, 15) is 13.2 Å². The molecule has 11 heteroatoms. The molecular formula is C30H28FN5O4S. The summed E-state index contributed by atoms with van der Waals surface area (Å²) in [6.45, 7) is 2.26. The SMILES string of the molecule is CCOc1cncc(-c2ccc(NC(=O)C3(c4cc(NS(=O)(=O)C5CC5)ccn4)Cc4ccccc4C3)c(F)c2)n1. The van der Waals surface area contributed by atoms with E-state index >= 15 is 4.39 Å². The van der Waals surface area contributed by atoms with Gasteiger partial charge in [-0.25, -0.2) is 17.8 Å². The lowest BCUT2D eigenvalue weighted by atomic mass is 9.79. The lowest BCUT2D eigenvalue weighted by molar-refractivity contribution is -0.121. The quantitative estimate of drug-likeness (QED) is 0.299. The summed E-state index contributed by atoms with van der Waals surface area (Å²) in [5.41, 5.74) is 2.47. The van der Waals surface area contributed by atoms with E-state index in [-0.39, 0.29) is 5.69 Å². The third kappa shape index (κ3) is 5.37. The number of pyridine rings is 1. The highest BCUT2D eigenvalue weighted by atomic mass is 32.2. The zero-order chi connectivity index (χ0) is 28.6. The summed E-state index contributed by atoms with van der Waals surface area (Å²) in [5.74, 6) is -0.739. The third-order valence-corrected chi connectivity index (χ3v) is 9.30. The molecule has 4 aromatic rings. The minimum Gasteiger partial charge on any atom is -0.477 e. The summed E-state index contributed by atoms with van der Waals surface area (Å²) < 4.78 is 48.6. The topological polar surface area (TPSA) is 123 Å². The largest absolute Gasteiger partial charge is 0.477 e. The van der Waals surface area contributed by atoms with Crippen LogP contribution in [-0.4, -0.2) is 41.1 Å². The number of halogens is 1. The number of carbonyl (C=O) groups is 1. The van der Waals surface area contributed by atoms with Crippen LogP contribution in [0.25, 0.3) is 11.3 Å². The van der Waals surface area contributed by atoms with Crippen molar-refractivity contribution in [2.45, 2.75) is 43.3 Å². The number of aromatic nitrogens is 3. The van der Waals surface area contributed by atoms with Crippen LogP contribution in [0.5, 0.6) is 5.88 Å². The maximum absolute atomic E-state index is 15.4. The Balaban J connectivity index is 1.31. The van der Waals surface area contributed by atoms with Crippen molar-refractivity contribution in [1.29, 1.82) is 0 Å². The summed E-state index contributed by atoms with van der Waals surface area (Å²) >= 11 is 0. The molecule has 2 aliphatic rings. The van der Waals surface area contributed by atoms with Gasteiger partial charge in [-0.05, 0) is 68.0 Å². The number of hydrogen-bond donors (Lipinski definition) is 2. The van der Waals surface area contributed by atoms with Gasteiger partial charge in [0.2, 0.25) is 21.8 Å². The average molecular weight is 574 g/mol. The third-order valence-electron chi connectivity index (χ3n) is 7.43. The lowest BCUT2D eigenvalue weighted by Crippen LogP contribution is -2.42. The Hall–Kier alpha value is -4.38. The fourth-order valence-corrected chi connectivity index (χ4v) is 6.56. The van der Waals surface area contributed by atoms with Gasteiger partial charge in [-0.1, -0.05) is 30.3 Å². The molecule has 0 radical (unpaired) electrons. The Morgan fingerprint density at radius 3 is 2.51 bits per heavy atom. The number of fused-ring (bicyclic) bond motifs is 1. The van der Waals surface area contributed by atoms with Gasteiger partial charge in [0.05, 0.1) is 52.4 Å². The molecule has 210 valence electrons. The van der Waals surface area contributed by atoms with Crippen LogP contribution in [0.3, 0.4) is 0 Å². The number of anilines is 2. The molecule has 2 aromatic carbocycles. The summed E-state index contributed by atoms with van der Waals surface area (Å²) in [4.78, 5) is 27.0. The molecule has 9 nitrogen and oxygen atoms in total. The second-order valence-corrected chi connectivity index (χ2v) is 12.3. The molecular weight excluding hydrogens is 545 g/mol. The average Bonchev–Trinajstić information content (AvgIpc) is 3.75. The zero-order valence-corrected chi connectivity index (χ0v) is 23.1. The van der Waals surface area contributed by atoms with E-state index in [0.29, 0.717) is 60.8 Å². The molecule has 1 amide bonds. The number of sulfonamides is 1. The smallest absolute Gasteiger partial charge is 0.237 e. The molecule has 1 saturated carbocycles. The molecule has 0 bridgehead atoms. The van der Waals surface area contributed by atoms with E-state index in [4.69, 9.17) is 4.74 Å². The normalized spacial score (nSPS) is 15.7.